The molecule has 0 spiro atoms. The van der Waals surface area contributed by atoms with Crippen LogP contribution in [0.3, 0.4) is 0 Å². The Morgan fingerprint density at radius 3 is 0.523 bits per heavy atom. The highest BCUT2D eigenvalue weighted by Gasteiger charge is 2.60. The summed E-state index contributed by atoms with van der Waals surface area (Å²) in [6, 6.07) is 91.7. The highest BCUT2D eigenvalue weighted by Crippen LogP contribution is 2.42. The Balaban J connectivity index is 1.24. The minimum absolute atomic E-state index is 0.394. The lowest BCUT2D eigenvalue weighted by atomic mass is 10.4. The molecule has 1 aliphatic heterocycles. The van der Waals surface area contributed by atoms with Gasteiger partial charge in [0.1, 0.15) is 0 Å². The second-order valence-corrected chi connectivity index (χ2v) is 52.3. The molecule has 0 amide bonds. The Kier molecular flexibility index (Phi) is 23.3. The van der Waals surface area contributed by atoms with Gasteiger partial charge in [0.05, 0.1) is 26.4 Å². The molecule has 1 aliphatic rings. The summed E-state index contributed by atoms with van der Waals surface area (Å²) >= 11 is 0. The fourth-order valence-corrected chi connectivity index (χ4v) is 59.1. The molecule has 16 heteroatoms. The predicted molar refractivity (Wildman–Crippen MR) is 385 cm³/mol. The second-order valence-electron chi connectivity index (χ2n) is 23.6. The van der Waals surface area contributed by atoms with E-state index in [1.807, 2.05) is 24.3 Å². The van der Waals surface area contributed by atoms with Crippen LogP contribution in [-0.4, -0.2) is 93.9 Å². The van der Waals surface area contributed by atoms with Crippen LogP contribution in [0.4, 0.5) is 0 Å². The highest BCUT2D eigenvalue weighted by atomic mass is 28.5. The van der Waals surface area contributed by atoms with Gasteiger partial charge in [-0.1, -0.05) is 267 Å². The van der Waals surface area contributed by atoms with Crippen LogP contribution in [0.2, 0.25) is 74.5 Å². The van der Waals surface area contributed by atoms with Crippen molar-refractivity contribution in [3.8, 4) is 0 Å². The number of benzene rings is 8. The summed E-state index contributed by atoms with van der Waals surface area (Å²) < 4.78 is 62.9. The normalized spacial score (nSPS) is 20.0. The van der Waals surface area contributed by atoms with E-state index in [1.54, 1.807) is 0 Å². The Bertz CT molecular complexity index is 2810. The van der Waals surface area contributed by atoms with Crippen molar-refractivity contribution < 1.29 is 34.2 Å². The van der Waals surface area contributed by atoms with E-state index in [-0.39, 0.29) is 0 Å². The lowest BCUT2D eigenvalue weighted by Crippen LogP contribution is -2.70. The summed E-state index contributed by atoms with van der Waals surface area (Å²) in [5.74, 6) is 0. The van der Waals surface area contributed by atoms with Crippen molar-refractivity contribution in [1.82, 2.24) is 0 Å². The van der Waals surface area contributed by atoms with Gasteiger partial charge < -0.3 is 34.2 Å². The quantitative estimate of drug-likeness (QED) is 0.0305. The van der Waals surface area contributed by atoms with Crippen LogP contribution in [0.1, 0.15) is 0 Å². The standard InChI is InChI=1S/C72H88O8Si8/c1-9-53-73-85(65-37-21-13-22-38-65,66-39-23-14-24-40-66)61-57-81(5)77-82(6,58-62-86(74-54-10-2,67-41-25-15-26-42-67)68-43-27-16-28-44-68)79-84(8,60-64-88(76-56-12-4,71-49-33-19-34-50-71)72-51-35-20-36-52-72)80-83(7,78-81)59-63-87(75-55-11-3,69-45-29-17-30-46-69)70-47-31-18-32-48-70/h9-52H,1-4,53-64H2,5-8H3. The summed E-state index contributed by atoms with van der Waals surface area (Å²) in [5.41, 5.74) is 0. The van der Waals surface area contributed by atoms with Gasteiger partial charge in [-0.25, -0.2) is 0 Å². The largest absolute Gasteiger partial charge is 0.416 e. The first-order chi connectivity index (χ1) is 42.7. The first kappa shape index (κ1) is 66.6. The van der Waals surface area contributed by atoms with Gasteiger partial charge in [-0.2, -0.15) is 0 Å². The summed E-state index contributed by atoms with van der Waals surface area (Å²) in [5, 5.41) is 9.47. The van der Waals surface area contributed by atoms with E-state index in [0.717, 1.165) is 0 Å². The van der Waals surface area contributed by atoms with Crippen molar-refractivity contribution in [3.05, 3.63) is 293 Å². The zero-order valence-electron chi connectivity index (χ0n) is 52.0. The van der Waals surface area contributed by atoms with Crippen molar-refractivity contribution >= 4 is 109 Å². The SMILES string of the molecule is C=CCO[Si](CC[Si]1(C)O[Si](C)(CC[Si](OCC=C)(c2ccccc2)c2ccccc2)O[Si](C)(CC[Si](OCC=C)(c2ccccc2)c2ccccc2)O[Si](C)(CC[Si](OCC=C)(c2ccccc2)c2ccccc2)O1)(c1ccccc1)c1ccccc1. The van der Waals surface area contributed by atoms with Gasteiger partial charge >= 0.3 is 34.2 Å². The predicted octanol–water partition coefficient (Wildman–Crippen LogP) is 12.2. The Morgan fingerprint density at radius 2 is 0.398 bits per heavy atom. The third-order valence-electron chi connectivity index (χ3n) is 17.2. The summed E-state index contributed by atoms with van der Waals surface area (Å²) in [4.78, 5) is 0. The zero-order chi connectivity index (χ0) is 61.9. The second kappa shape index (κ2) is 30.8. The van der Waals surface area contributed by atoms with Crippen LogP contribution in [0, 0.1) is 0 Å². The summed E-state index contributed by atoms with van der Waals surface area (Å²) in [6.45, 7) is 27.5. The molecule has 0 N–H and O–H groups in total. The van der Waals surface area contributed by atoms with Gasteiger partial charge in [0.15, 0.2) is 0 Å². The summed E-state index contributed by atoms with van der Waals surface area (Å²) in [7, 11) is -26.2. The topological polar surface area (TPSA) is 73.8 Å². The lowest BCUT2D eigenvalue weighted by molar-refractivity contribution is 0.223. The van der Waals surface area contributed by atoms with Gasteiger partial charge in [-0.3, -0.25) is 0 Å². The maximum atomic E-state index is 8.38. The smallest absolute Gasteiger partial charge is 0.317 e. The van der Waals surface area contributed by atoms with E-state index < -0.39 is 67.5 Å². The highest BCUT2D eigenvalue weighted by molar-refractivity contribution is 7.02. The minimum Gasteiger partial charge on any atom is -0.416 e. The molecule has 0 atom stereocenters. The number of rotatable bonds is 32. The van der Waals surface area contributed by atoms with Gasteiger partial charge in [0, 0.05) is 0 Å². The molecule has 0 radical (unpaired) electrons. The third-order valence-corrected chi connectivity index (χ3v) is 54.2. The van der Waals surface area contributed by atoms with Crippen molar-refractivity contribution in [2.75, 3.05) is 26.4 Å². The van der Waals surface area contributed by atoms with Crippen LogP contribution in [0.25, 0.3) is 0 Å². The molecule has 88 heavy (non-hydrogen) atoms. The number of hydrogen-bond acceptors (Lipinski definition) is 8. The molecule has 456 valence electrons. The molecule has 0 saturated carbocycles. The van der Waals surface area contributed by atoms with Crippen LogP contribution in [-0.2, 0) is 34.2 Å². The van der Waals surface area contributed by atoms with Gasteiger partial charge in [-0.05, 0) is 116 Å². The maximum absolute atomic E-state index is 8.38. The first-order valence-electron chi connectivity index (χ1n) is 31.0. The molecule has 0 aliphatic carbocycles. The molecule has 0 unspecified atom stereocenters. The van der Waals surface area contributed by atoms with Crippen molar-refractivity contribution in [1.29, 1.82) is 0 Å². The Hall–Kier alpha value is -5.86. The van der Waals surface area contributed by atoms with Gasteiger partial charge in [-0.15, -0.1) is 26.3 Å². The molecule has 8 nitrogen and oxygen atoms in total. The van der Waals surface area contributed by atoms with Crippen molar-refractivity contribution in [2.45, 2.75) is 74.5 Å². The Labute approximate surface area is 533 Å². The van der Waals surface area contributed by atoms with Crippen LogP contribution >= 0.6 is 0 Å². The third kappa shape index (κ3) is 15.8. The average Bonchev–Trinajstić information content (AvgIpc) is 2.05. The monoisotopic (exact) mass is 1300 g/mol. The van der Waals surface area contributed by atoms with Crippen molar-refractivity contribution in [2.24, 2.45) is 0 Å². The maximum Gasteiger partial charge on any atom is 0.317 e. The lowest BCUT2D eigenvalue weighted by Gasteiger charge is -2.52. The van der Waals surface area contributed by atoms with E-state index in [0.29, 0.717) is 74.8 Å². The van der Waals surface area contributed by atoms with Crippen LogP contribution in [0.5, 0.6) is 0 Å². The van der Waals surface area contributed by atoms with E-state index >= 15 is 0 Å². The average molecular weight is 1310 g/mol. The fourth-order valence-electron chi connectivity index (χ4n) is 13.2. The minimum atomic E-state index is -3.50. The van der Waals surface area contributed by atoms with Crippen molar-refractivity contribution in [3.63, 3.8) is 0 Å². The molecule has 1 saturated heterocycles. The first-order valence-corrected chi connectivity index (χ1v) is 49.5. The van der Waals surface area contributed by atoms with E-state index in [9.17, 15) is 0 Å². The van der Waals surface area contributed by atoms with E-state index in [2.05, 4.69) is 295 Å². The molecule has 0 bridgehead atoms. The van der Waals surface area contributed by atoms with Crippen LogP contribution < -0.4 is 41.5 Å². The molecule has 1 heterocycles. The van der Waals surface area contributed by atoms with Crippen LogP contribution in [0.15, 0.2) is 293 Å². The Morgan fingerprint density at radius 1 is 0.261 bits per heavy atom. The molecule has 0 aromatic heterocycles. The molecule has 8 aromatic carbocycles. The molecule has 1 fully saturated rings. The van der Waals surface area contributed by atoms with Gasteiger partial charge in [0.2, 0.25) is 0 Å². The van der Waals surface area contributed by atoms with E-state index in [1.165, 1.54) is 41.5 Å². The van der Waals surface area contributed by atoms with E-state index in [4.69, 9.17) is 34.2 Å². The summed E-state index contributed by atoms with van der Waals surface area (Å²) in [6.07, 6.45) is 7.50. The fraction of sp³-hybridized carbons (Fsp3) is 0.222. The molecule has 8 aromatic rings. The van der Waals surface area contributed by atoms with Gasteiger partial charge in [0.25, 0.3) is 33.3 Å². The molecular formula is C72H88O8Si8. The number of hydrogen-bond donors (Lipinski definition) is 0. The molecule has 9 rings (SSSR count). The molecular weight excluding hydrogens is 1220 g/mol. The zero-order valence-corrected chi connectivity index (χ0v) is 60.0.